The molecule has 0 saturated carbocycles. The summed E-state index contributed by atoms with van der Waals surface area (Å²) in [6, 6.07) is 0.107. The lowest BCUT2D eigenvalue weighted by molar-refractivity contribution is 0.166. The van der Waals surface area contributed by atoms with Gasteiger partial charge >= 0.3 is 0 Å². The maximum absolute atomic E-state index is 9.39. The first-order chi connectivity index (χ1) is 9.81. The van der Waals surface area contributed by atoms with Gasteiger partial charge in [-0.05, 0) is 93.5 Å². The van der Waals surface area contributed by atoms with E-state index in [4.69, 9.17) is 5.73 Å². The Bertz CT molecular complexity index is 220. The highest BCUT2D eigenvalue weighted by Gasteiger charge is 2.10. The summed E-state index contributed by atoms with van der Waals surface area (Å²) in [5, 5.41) is 9.39. The summed E-state index contributed by atoms with van der Waals surface area (Å²) in [6.45, 7) is 7.37. The third kappa shape index (κ3) is 14.5. The molecule has 128 valence electrons. The third-order valence-corrected chi connectivity index (χ3v) is 3.62. The fourth-order valence-corrected chi connectivity index (χ4v) is 2.46. The SMILES string of the molecule is CC(O)CC(N)CCN(CCCN(C)C)CCCN(C)C. The third-order valence-electron chi connectivity index (χ3n) is 3.62. The van der Waals surface area contributed by atoms with Gasteiger partial charge in [0, 0.05) is 6.04 Å². The van der Waals surface area contributed by atoms with Gasteiger partial charge in [0.05, 0.1) is 6.10 Å². The molecule has 0 rings (SSSR count). The number of nitrogens with two attached hydrogens (primary N) is 1. The Hall–Kier alpha value is -0.200. The molecule has 0 saturated heterocycles. The zero-order chi connectivity index (χ0) is 16.3. The summed E-state index contributed by atoms with van der Waals surface area (Å²) in [5.41, 5.74) is 6.07. The Morgan fingerprint density at radius 1 is 0.857 bits per heavy atom. The van der Waals surface area contributed by atoms with E-state index in [9.17, 15) is 5.11 Å². The first kappa shape index (κ1) is 20.8. The van der Waals surface area contributed by atoms with Gasteiger partial charge in [-0.25, -0.2) is 0 Å². The van der Waals surface area contributed by atoms with Crippen LogP contribution in [0.5, 0.6) is 0 Å². The van der Waals surface area contributed by atoms with Crippen LogP contribution in [0.15, 0.2) is 0 Å². The van der Waals surface area contributed by atoms with E-state index in [2.05, 4.69) is 42.9 Å². The Morgan fingerprint density at radius 3 is 1.71 bits per heavy atom. The van der Waals surface area contributed by atoms with Crippen LogP contribution in [-0.4, -0.2) is 92.9 Å². The fourth-order valence-electron chi connectivity index (χ4n) is 2.46. The summed E-state index contributed by atoms with van der Waals surface area (Å²) in [5.74, 6) is 0. The van der Waals surface area contributed by atoms with E-state index in [0.717, 1.165) is 39.1 Å². The van der Waals surface area contributed by atoms with Crippen LogP contribution in [0.4, 0.5) is 0 Å². The molecule has 0 aromatic carbocycles. The highest BCUT2D eigenvalue weighted by atomic mass is 16.3. The first-order valence-corrected chi connectivity index (χ1v) is 8.26. The van der Waals surface area contributed by atoms with E-state index < -0.39 is 0 Å². The van der Waals surface area contributed by atoms with Crippen molar-refractivity contribution in [1.82, 2.24) is 14.7 Å². The zero-order valence-corrected chi connectivity index (χ0v) is 14.9. The molecular formula is C16H38N4O. The Kier molecular flexibility index (Phi) is 12.2. The maximum atomic E-state index is 9.39. The van der Waals surface area contributed by atoms with Crippen LogP contribution in [-0.2, 0) is 0 Å². The number of nitrogens with zero attached hydrogens (tertiary/aromatic N) is 3. The average molecular weight is 303 g/mol. The van der Waals surface area contributed by atoms with Crippen LogP contribution in [0.2, 0.25) is 0 Å². The average Bonchev–Trinajstić information content (AvgIpc) is 2.33. The molecule has 0 radical (unpaired) electrons. The molecule has 0 spiro atoms. The minimum absolute atomic E-state index is 0.107. The number of aliphatic hydroxyl groups excluding tert-OH is 1. The molecule has 3 N–H and O–H groups in total. The van der Waals surface area contributed by atoms with Crippen molar-refractivity contribution in [1.29, 1.82) is 0 Å². The van der Waals surface area contributed by atoms with Gasteiger partial charge in [-0.3, -0.25) is 0 Å². The topological polar surface area (TPSA) is 56.0 Å². The maximum Gasteiger partial charge on any atom is 0.0526 e. The quantitative estimate of drug-likeness (QED) is 0.524. The summed E-state index contributed by atoms with van der Waals surface area (Å²) in [4.78, 5) is 6.99. The molecule has 0 fully saturated rings. The highest BCUT2D eigenvalue weighted by Crippen LogP contribution is 2.04. The molecule has 2 atom stereocenters. The van der Waals surface area contributed by atoms with Gasteiger partial charge in [0.2, 0.25) is 0 Å². The number of hydrogen-bond donors (Lipinski definition) is 2. The largest absolute Gasteiger partial charge is 0.393 e. The molecule has 0 aromatic heterocycles. The van der Waals surface area contributed by atoms with E-state index in [1.807, 2.05) is 6.92 Å². The highest BCUT2D eigenvalue weighted by molar-refractivity contribution is 4.69. The molecule has 2 unspecified atom stereocenters. The molecular weight excluding hydrogens is 264 g/mol. The van der Waals surface area contributed by atoms with Gasteiger partial charge in [0.25, 0.3) is 0 Å². The van der Waals surface area contributed by atoms with Gasteiger partial charge in [0.1, 0.15) is 0 Å². The van der Waals surface area contributed by atoms with Crippen molar-refractivity contribution in [3.05, 3.63) is 0 Å². The van der Waals surface area contributed by atoms with Gasteiger partial charge in [-0.15, -0.1) is 0 Å². The minimum Gasteiger partial charge on any atom is -0.393 e. The second-order valence-corrected chi connectivity index (χ2v) is 6.79. The predicted molar refractivity (Wildman–Crippen MR) is 91.7 cm³/mol. The summed E-state index contributed by atoms with van der Waals surface area (Å²) >= 11 is 0. The second kappa shape index (κ2) is 12.4. The Morgan fingerprint density at radius 2 is 1.33 bits per heavy atom. The molecule has 0 aromatic rings. The standard InChI is InChI=1S/C16H38N4O/c1-15(21)14-16(17)8-13-20(11-6-9-18(2)3)12-7-10-19(4)5/h15-16,21H,6-14,17H2,1-5H3. The van der Waals surface area contributed by atoms with Crippen LogP contribution in [0.25, 0.3) is 0 Å². The Balaban J connectivity index is 4.04. The van der Waals surface area contributed by atoms with Crippen LogP contribution in [0, 0.1) is 0 Å². The van der Waals surface area contributed by atoms with Gasteiger partial charge < -0.3 is 25.5 Å². The summed E-state index contributed by atoms with van der Waals surface area (Å²) in [7, 11) is 8.48. The molecule has 0 amide bonds. The number of rotatable bonds is 13. The molecule has 0 heterocycles. The summed E-state index contributed by atoms with van der Waals surface area (Å²) < 4.78 is 0. The van der Waals surface area contributed by atoms with Crippen LogP contribution < -0.4 is 5.73 Å². The smallest absolute Gasteiger partial charge is 0.0526 e. The minimum atomic E-state index is -0.295. The Labute approximate surface area is 132 Å². The number of aliphatic hydroxyl groups is 1. The molecule has 5 heteroatoms. The van der Waals surface area contributed by atoms with Crippen molar-refractivity contribution >= 4 is 0 Å². The normalized spacial score (nSPS) is 15.1. The second-order valence-electron chi connectivity index (χ2n) is 6.79. The number of hydrogen-bond acceptors (Lipinski definition) is 5. The lowest BCUT2D eigenvalue weighted by Crippen LogP contribution is -2.35. The molecule has 0 aliphatic carbocycles. The van der Waals surface area contributed by atoms with Gasteiger partial charge in [0.15, 0.2) is 0 Å². The first-order valence-electron chi connectivity index (χ1n) is 8.26. The van der Waals surface area contributed by atoms with Crippen molar-refractivity contribution in [2.75, 3.05) is 60.9 Å². The summed E-state index contributed by atoms with van der Waals surface area (Å²) in [6.07, 6.45) is 3.76. The van der Waals surface area contributed by atoms with Crippen LogP contribution in [0.1, 0.15) is 32.6 Å². The monoisotopic (exact) mass is 302 g/mol. The van der Waals surface area contributed by atoms with Crippen LogP contribution >= 0.6 is 0 Å². The van der Waals surface area contributed by atoms with Gasteiger partial charge in [-0.1, -0.05) is 0 Å². The predicted octanol–water partition coefficient (Wildman–Crippen LogP) is 0.680. The molecule has 21 heavy (non-hydrogen) atoms. The molecule has 0 bridgehead atoms. The van der Waals surface area contributed by atoms with E-state index in [1.165, 1.54) is 12.8 Å². The van der Waals surface area contributed by atoms with E-state index in [0.29, 0.717) is 6.42 Å². The molecule has 5 nitrogen and oxygen atoms in total. The molecule has 0 aliphatic heterocycles. The van der Waals surface area contributed by atoms with Gasteiger partial charge in [-0.2, -0.15) is 0 Å². The fraction of sp³-hybridized carbons (Fsp3) is 1.00. The van der Waals surface area contributed by atoms with Crippen molar-refractivity contribution < 1.29 is 5.11 Å². The van der Waals surface area contributed by atoms with Crippen LogP contribution in [0.3, 0.4) is 0 Å². The lowest BCUT2D eigenvalue weighted by Gasteiger charge is -2.25. The lowest BCUT2D eigenvalue weighted by atomic mass is 10.1. The van der Waals surface area contributed by atoms with Crippen molar-refractivity contribution in [2.45, 2.75) is 44.8 Å². The van der Waals surface area contributed by atoms with Crippen molar-refractivity contribution in [3.63, 3.8) is 0 Å². The van der Waals surface area contributed by atoms with Crippen molar-refractivity contribution in [2.24, 2.45) is 5.73 Å². The zero-order valence-electron chi connectivity index (χ0n) is 14.9. The van der Waals surface area contributed by atoms with E-state index in [-0.39, 0.29) is 12.1 Å². The van der Waals surface area contributed by atoms with E-state index in [1.54, 1.807) is 0 Å². The van der Waals surface area contributed by atoms with Crippen molar-refractivity contribution in [3.8, 4) is 0 Å². The molecule has 0 aliphatic rings. The van der Waals surface area contributed by atoms with E-state index >= 15 is 0 Å².